The predicted octanol–water partition coefficient (Wildman–Crippen LogP) is 3.87. The Balaban J connectivity index is 1.62. The number of rotatable bonds is 3. The molecule has 0 saturated carbocycles. The third-order valence-corrected chi connectivity index (χ3v) is 6.58. The van der Waals surface area contributed by atoms with Crippen LogP contribution >= 0.6 is 23.4 Å². The quantitative estimate of drug-likeness (QED) is 0.889. The van der Waals surface area contributed by atoms with Crippen LogP contribution in [0.1, 0.15) is 18.4 Å². The molecule has 6 heteroatoms. The van der Waals surface area contributed by atoms with Crippen LogP contribution in [0.2, 0.25) is 5.02 Å². The van der Waals surface area contributed by atoms with E-state index in [2.05, 4.69) is 5.32 Å². The lowest BCUT2D eigenvalue weighted by atomic mass is 10.0. The summed E-state index contributed by atoms with van der Waals surface area (Å²) in [5.41, 5.74) is 1.73. The lowest BCUT2D eigenvalue weighted by Crippen LogP contribution is -2.48. The van der Waals surface area contributed by atoms with E-state index in [-0.39, 0.29) is 11.8 Å². The van der Waals surface area contributed by atoms with Crippen molar-refractivity contribution >= 4 is 40.9 Å². The third-order valence-electron chi connectivity index (χ3n) is 4.75. The van der Waals surface area contributed by atoms with Crippen molar-refractivity contribution in [2.24, 2.45) is 0 Å². The zero-order chi connectivity index (χ0) is 17.4. The summed E-state index contributed by atoms with van der Waals surface area (Å²) in [6.45, 7) is 0. The summed E-state index contributed by atoms with van der Waals surface area (Å²) in [6.07, 6.45) is 1.21. The molecule has 2 fully saturated rings. The summed E-state index contributed by atoms with van der Waals surface area (Å²) in [7, 11) is 0. The van der Waals surface area contributed by atoms with Gasteiger partial charge in [0.15, 0.2) is 0 Å². The molecule has 0 aromatic heterocycles. The first kappa shape index (κ1) is 16.5. The van der Waals surface area contributed by atoms with Crippen LogP contribution in [0.25, 0.3) is 0 Å². The maximum atomic E-state index is 12.8. The SMILES string of the molecule is O=C(Nc1cccc(Cl)c1)[C@@H]1CS[C@@]2(c3ccccc3)CCC(=O)N12. The fourth-order valence-corrected chi connectivity index (χ4v) is 5.47. The van der Waals surface area contributed by atoms with E-state index in [1.165, 1.54) is 0 Å². The Hall–Kier alpha value is -1.98. The third kappa shape index (κ3) is 2.81. The van der Waals surface area contributed by atoms with E-state index in [1.807, 2.05) is 30.3 Å². The highest BCUT2D eigenvalue weighted by molar-refractivity contribution is 8.00. The molecule has 0 radical (unpaired) electrons. The Morgan fingerprint density at radius 2 is 2.00 bits per heavy atom. The first-order chi connectivity index (χ1) is 12.1. The zero-order valence-electron chi connectivity index (χ0n) is 13.4. The van der Waals surface area contributed by atoms with Gasteiger partial charge >= 0.3 is 0 Å². The van der Waals surface area contributed by atoms with Gasteiger partial charge in [0.05, 0.1) is 0 Å². The number of benzene rings is 2. The highest BCUT2D eigenvalue weighted by Gasteiger charge is 2.56. The highest BCUT2D eigenvalue weighted by Crippen LogP contribution is 2.54. The Labute approximate surface area is 155 Å². The van der Waals surface area contributed by atoms with Crippen LogP contribution in [-0.2, 0) is 14.5 Å². The molecule has 2 amide bonds. The highest BCUT2D eigenvalue weighted by atomic mass is 35.5. The monoisotopic (exact) mass is 372 g/mol. The largest absolute Gasteiger partial charge is 0.324 e. The molecule has 0 unspecified atom stereocenters. The van der Waals surface area contributed by atoms with Gasteiger partial charge in [0, 0.05) is 22.9 Å². The first-order valence-electron chi connectivity index (χ1n) is 8.18. The normalized spacial score (nSPS) is 25.1. The molecule has 0 spiro atoms. The standard InChI is InChI=1S/C19H17ClN2O2S/c20-14-7-4-8-15(11-14)21-18(24)16-12-25-19(10-9-17(23)22(16)19)13-5-2-1-3-6-13/h1-8,11,16H,9-10,12H2,(H,21,24)/t16-,19+/m0/s1. The van der Waals surface area contributed by atoms with Crippen molar-refractivity contribution in [2.75, 3.05) is 11.1 Å². The molecule has 2 aliphatic rings. The molecule has 4 nitrogen and oxygen atoms in total. The van der Waals surface area contributed by atoms with E-state index in [4.69, 9.17) is 11.6 Å². The first-order valence-corrected chi connectivity index (χ1v) is 9.55. The average molecular weight is 373 g/mol. The molecule has 2 atom stereocenters. The van der Waals surface area contributed by atoms with Gasteiger partial charge in [-0.15, -0.1) is 11.8 Å². The average Bonchev–Trinajstić information content (AvgIpc) is 3.15. The minimum atomic E-state index is -0.473. The summed E-state index contributed by atoms with van der Waals surface area (Å²) >= 11 is 7.67. The molecular weight excluding hydrogens is 356 g/mol. The van der Waals surface area contributed by atoms with Gasteiger partial charge < -0.3 is 10.2 Å². The van der Waals surface area contributed by atoms with Crippen LogP contribution in [0, 0.1) is 0 Å². The van der Waals surface area contributed by atoms with Crippen molar-refractivity contribution in [1.29, 1.82) is 0 Å². The van der Waals surface area contributed by atoms with Gasteiger partial charge in [-0.1, -0.05) is 48.0 Å². The summed E-state index contributed by atoms with van der Waals surface area (Å²) in [6, 6.07) is 16.6. The second-order valence-electron chi connectivity index (χ2n) is 6.24. The molecule has 2 saturated heterocycles. The Kier molecular flexibility index (Phi) is 4.21. The van der Waals surface area contributed by atoms with E-state index in [0.717, 1.165) is 12.0 Å². The number of hydrogen-bond donors (Lipinski definition) is 1. The summed E-state index contributed by atoms with van der Waals surface area (Å²) in [5, 5.41) is 3.46. The summed E-state index contributed by atoms with van der Waals surface area (Å²) in [4.78, 5) is 26.8. The smallest absolute Gasteiger partial charge is 0.248 e. The van der Waals surface area contributed by atoms with Crippen molar-refractivity contribution in [3.8, 4) is 0 Å². The number of hydrogen-bond acceptors (Lipinski definition) is 3. The summed E-state index contributed by atoms with van der Waals surface area (Å²) < 4.78 is 0. The van der Waals surface area contributed by atoms with Gasteiger partial charge in [-0.25, -0.2) is 0 Å². The van der Waals surface area contributed by atoms with Crippen LogP contribution in [0.4, 0.5) is 5.69 Å². The minimum absolute atomic E-state index is 0.0418. The van der Waals surface area contributed by atoms with Crippen molar-refractivity contribution in [1.82, 2.24) is 4.90 Å². The molecule has 128 valence electrons. The number of nitrogens with zero attached hydrogens (tertiary/aromatic N) is 1. The topological polar surface area (TPSA) is 49.4 Å². The van der Waals surface area contributed by atoms with Gasteiger partial charge in [0.2, 0.25) is 11.8 Å². The molecule has 2 aromatic rings. The van der Waals surface area contributed by atoms with E-state index < -0.39 is 10.9 Å². The summed E-state index contributed by atoms with van der Waals surface area (Å²) in [5.74, 6) is 0.468. The Bertz CT molecular complexity index is 829. The Morgan fingerprint density at radius 3 is 2.76 bits per heavy atom. The van der Waals surface area contributed by atoms with Crippen molar-refractivity contribution in [2.45, 2.75) is 23.8 Å². The van der Waals surface area contributed by atoms with Crippen LogP contribution in [0.3, 0.4) is 0 Å². The second-order valence-corrected chi connectivity index (χ2v) is 7.97. The molecular formula is C19H17ClN2O2S. The molecule has 0 aliphatic carbocycles. The molecule has 1 N–H and O–H groups in total. The van der Waals surface area contributed by atoms with E-state index in [1.54, 1.807) is 40.9 Å². The molecule has 0 bridgehead atoms. The van der Waals surface area contributed by atoms with Gasteiger partial charge in [-0.05, 0) is 30.2 Å². The molecule has 2 aromatic carbocycles. The lowest BCUT2D eigenvalue weighted by Gasteiger charge is -2.34. The van der Waals surface area contributed by atoms with Crippen LogP contribution in [0.15, 0.2) is 54.6 Å². The maximum Gasteiger partial charge on any atom is 0.248 e. The number of carbonyl (C=O) groups excluding carboxylic acids is 2. The zero-order valence-corrected chi connectivity index (χ0v) is 15.0. The number of anilines is 1. The fraction of sp³-hybridized carbons (Fsp3) is 0.263. The second kappa shape index (κ2) is 6.39. The fourth-order valence-electron chi connectivity index (χ4n) is 3.63. The van der Waals surface area contributed by atoms with E-state index >= 15 is 0 Å². The molecule has 2 heterocycles. The maximum absolute atomic E-state index is 12.8. The molecule has 2 aliphatic heterocycles. The Morgan fingerprint density at radius 1 is 1.20 bits per heavy atom. The predicted molar refractivity (Wildman–Crippen MR) is 101 cm³/mol. The van der Waals surface area contributed by atoms with Gasteiger partial charge in [0.25, 0.3) is 0 Å². The van der Waals surface area contributed by atoms with Crippen LogP contribution in [-0.4, -0.2) is 28.5 Å². The van der Waals surface area contributed by atoms with Crippen LogP contribution in [0.5, 0.6) is 0 Å². The van der Waals surface area contributed by atoms with Crippen molar-refractivity contribution in [3.63, 3.8) is 0 Å². The van der Waals surface area contributed by atoms with E-state index in [0.29, 0.717) is 22.9 Å². The van der Waals surface area contributed by atoms with Crippen LogP contribution < -0.4 is 5.32 Å². The number of thioether (sulfide) groups is 1. The number of fused-ring (bicyclic) bond motifs is 1. The molecule has 4 rings (SSSR count). The van der Waals surface area contributed by atoms with Crippen molar-refractivity contribution < 1.29 is 9.59 Å². The van der Waals surface area contributed by atoms with Gasteiger partial charge in [0.1, 0.15) is 10.9 Å². The van der Waals surface area contributed by atoms with Gasteiger partial charge in [-0.2, -0.15) is 0 Å². The number of halogens is 1. The number of carbonyl (C=O) groups is 2. The lowest BCUT2D eigenvalue weighted by molar-refractivity contribution is -0.136. The minimum Gasteiger partial charge on any atom is -0.324 e. The van der Waals surface area contributed by atoms with Gasteiger partial charge in [-0.3, -0.25) is 9.59 Å². The number of amides is 2. The molecule has 25 heavy (non-hydrogen) atoms. The van der Waals surface area contributed by atoms with Crippen molar-refractivity contribution in [3.05, 3.63) is 65.2 Å². The number of nitrogens with one attached hydrogen (secondary N) is 1. The van der Waals surface area contributed by atoms with E-state index in [9.17, 15) is 9.59 Å².